The summed E-state index contributed by atoms with van der Waals surface area (Å²) in [4.78, 5) is 13.9. The minimum atomic E-state index is -2.06. The summed E-state index contributed by atoms with van der Waals surface area (Å²) in [6.07, 6.45) is -1.10. The Balaban J connectivity index is 2.91. The molecule has 0 radical (unpaired) electrons. The van der Waals surface area contributed by atoms with Crippen LogP contribution >= 0.6 is 0 Å². The number of amides is 1. The Bertz CT molecular complexity index is 485. The Labute approximate surface area is 158 Å². The number of ether oxygens (including phenoxy) is 2. The van der Waals surface area contributed by atoms with E-state index in [2.05, 4.69) is 33.9 Å². The van der Waals surface area contributed by atoms with E-state index in [1.165, 1.54) is 4.90 Å². The summed E-state index contributed by atoms with van der Waals surface area (Å²) in [7, 11) is -2.06. The second-order valence-corrected chi connectivity index (χ2v) is 14.6. The van der Waals surface area contributed by atoms with Gasteiger partial charge in [-0.3, -0.25) is 0 Å². The van der Waals surface area contributed by atoms with Crippen molar-refractivity contribution in [1.29, 1.82) is 0 Å². The average Bonchev–Trinajstić information content (AvgIpc) is 2.62. The van der Waals surface area contributed by atoms with E-state index in [1.807, 2.05) is 0 Å². The van der Waals surface area contributed by atoms with Crippen molar-refractivity contribution < 1.29 is 28.9 Å². The molecule has 26 heavy (non-hydrogen) atoms. The monoisotopic (exact) mass is 391 g/mol. The molecule has 0 saturated carbocycles. The van der Waals surface area contributed by atoms with Crippen LogP contribution in [0.15, 0.2) is 0 Å². The average molecular weight is 392 g/mol. The molecule has 0 aliphatic carbocycles. The quantitative estimate of drug-likeness (QED) is 0.715. The summed E-state index contributed by atoms with van der Waals surface area (Å²) in [6.45, 7) is 16.0. The highest BCUT2D eigenvalue weighted by atomic mass is 28.4. The first kappa shape index (κ1) is 23.4. The van der Waals surface area contributed by atoms with Gasteiger partial charge in [0, 0.05) is 0 Å². The Kier molecular flexibility index (Phi) is 7.32. The van der Waals surface area contributed by atoms with Crippen LogP contribution in [0.5, 0.6) is 0 Å². The molecule has 1 saturated heterocycles. The molecule has 1 fully saturated rings. The van der Waals surface area contributed by atoms with E-state index < -0.39 is 31.7 Å². The number of hydrogen-bond acceptors (Lipinski definition) is 6. The van der Waals surface area contributed by atoms with Crippen molar-refractivity contribution in [3.63, 3.8) is 0 Å². The third-order valence-electron chi connectivity index (χ3n) is 4.86. The maximum atomic E-state index is 12.5. The fourth-order valence-corrected chi connectivity index (χ4v) is 3.29. The highest BCUT2D eigenvalue weighted by molar-refractivity contribution is 6.74. The first-order valence-electron chi connectivity index (χ1n) is 9.15. The van der Waals surface area contributed by atoms with Gasteiger partial charge in [-0.2, -0.15) is 0 Å². The summed E-state index contributed by atoms with van der Waals surface area (Å²) in [6, 6.07) is 0. The van der Waals surface area contributed by atoms with Crippen molar-refractivity contribution in [2.24, 2.45) is 0 Å². The zero-order valence-corrected chi connectivity index (χ0v) is 18.6. The van der Waals surface area contributed by atoms with E-state index in [9.17, 15) is 15.0 Å². The third-order valence-corrected chi connectivity index (χ3v) is 9.34. The van der Waals surface area contributed by atoms with Crippen LogP contribution in [-0.2, 0) is 13.9 Å². The lowest BCUT2D eigenvalue weighted by molar-refractivity contribution is -0.0854. The summed E-state index contributed by atoms with van der Waals surface area (Å²) >= 11 is 0. The number of hydrogen-bond donors (Lipinski definition) is 2. The third kappa shape index (κ3) is 6.81. The maximum Gasteiger partial charge on any atom is 0.410 e. The maximum absolute atomic E-state index is 12.5. The Morgan fingerprint density at radius 1 is 1.27 bits per heavy atom. The van der Waals surface area contributed by atoms with Gasteiger partial charge in [-0.05, 0) is 38.9 Å². The molecule has 1 aliphatic rings. The van der Waals surface area contributed by atoms with Gasteiger partial charge in [-0.15, -0.1) is 0 Å². The number of rotatable bonds is 4. The molecule has 0 aromatic heterocycles. The van der Waals surface area contributed by atoms with Gasteiger partial charge in [0.25, 0.3) is 0 Å². The lowest BCUT2D eigenvalue weighted by Crippen LogP contribution is -2.53. The minimum absolute atomic E-state index is 0.00737. The van der Waals surface area contributed by atoms with Gasteiger partial charge >= 0.3 is 6.09 Å². The molecule has 2 N–H and O–H groups in total. The Morgan fingerprint density at radius 2 is 1.85 bits per heavy atom. The van der Waals surface area contributed by atoms with Crippen LogP contribution in [0, 0.1) is 0 Å². The number of nitrogens with zero attached hydrogens (tertiary/aromatic N) is 1. The number of carbonyl (C=O) groups excluding carboxylic acids is 1. The van der Waals surface area contributed by atoms with Crippen LogP contribution in [0.25, 0.3) is 0 Å². The van der Waals surface area contributed by atoms with Crippen molar-refractivity contribution >= 4 is 14.4 Å². The van der Waals surface area contributed by atoms with E-state index in [0.717, 1.165) is 0 Å². The normalized spacial score (nSPS) is 25.8. The van der Waals surface area contributed by atoms with Gasteiger partial charge in [0.15, 0.2) is 8.32 Å². The Hall–Kier alpha value is -0.673. The molecule has 7 nitrogen and oxygen atoms in total. The van der Waals surface area contributed by atoms with Gasteiger partial charge in [0.1, 0.15) is 11.2 Å². The summed E-state index contributed by atoms with van der Waals surface area (Å²) in [5.74, 6) is 0. The van der Waals surface area contributed by atoms with Crippen LogP contribution in [0.2, 0.25) is 18.1 Å². The standard InChI is InChI=1S/C18H37NO6Si/c1-16(2,3)25-15(21)19-9-14(10-20)23-12-18(22,11-19)13-24-26(7,8)17(4,5)6/h14,20,22H,9-13H2,1-8H3/t14-,18+/m0/s1. The molecule has 0 spiro atoms. The van der Waals surface area contributed by atoms with Crippen molar-refractivity contribution in [1.82, 2.24) is 4.90 Å². The van der Waals surface area contributed by atoms with Gasteiger partial charge in [0.2, 0.25) is 0 Å². The van der Waals surface area contributed by atoms with Crippen molar-refractivity contribution in [3.05, 3.63) is 0 Å². The lowest BCUT2D eigenvalue weighted by atomic mass is 10.1. The van der Waals surface area contributed by atoms with Crippen molar-refractivity contribution in [3.8, 4) is 0 Å². The molecule has 1 amide bonds. The molecule has 1 heterocycles. The molecule has 0 bridgehead atoms. The van der Waals surface area contributed by atoms with E-state index in [4.69, 9.17) is 13.9 Å². The zero-order chi connectivity index (χ0) is 20.4. The predicted octanol–water partition coefficient (Wildman–Crippen LogP) is 2.37. The minimum Gasteiger partial charge on any atom is -0.444 e. The number of β-amino-alcohol motifs (C(OH)–C–C–N with tert-alkyl or cyclic N) is 1. The number of aliphatic hydroxyl groups excluding tert-OH is 1. The van der Waals surface area contributed by atoms with Crippen LogP contribution in [-0.4, -0.2) is 79.7 Å². The van der Waals surface area contributed by atoms with Gasteiger partial charge in [-0.1, -0.05) is 20.8 Å². The molecule has 0 unspecified atom stereocenters. The fourth-order valence-electron chi connectivity index (χ4n) is 2.23. The predicted molar refractivity (Wildman–Crippen MR) is 103 cm³/mol. The molecular weight excluding hydrogens is 354 g/mol. The summed E-state index contributed by atoms with van der Waals surface area (Å²) in [5.41, 5.74) is -1.99. The molecular formula is C18H37NO6Si. The van der Waals surface area contributed by atoms with Gasteiger partial charge in [0.05, 0.1) is 39.0 Å². The van der Waals surface area contributed by atoms with Crippen LogP contribution in [0.4, 0.5) is 4.79 Å². The largest absolute Gasteiger partial charge is 0.444 e. The molecule has 154 valence electrons. The molecule has 0 aromatic rings. The summed E-state index contributed by atoms with van der Waals surface area (Å²) in [5, 5.41) is 20.5. The fraction of sp³-hybridized carbons (Fsp3) is 0.944. The van der Waals surface area contributed by atoms with Crippen LogP contribution in [0.1, 0.15) is 41.5 Å². The van der Waals surface area contributed by atoms with E-state index >= 15 is 0 Å². The van der Waals surface area contributed by atoms with Gasteiger partial charge in [-0.25, -0.2) is 4.79 Å². The second-order valence-electron chi connectivity index (χ2n) is 9.75. The molecule has 1 aliphatic heterocycles. The van der Waals surface area contributed by atoms with Crippen molar-refractivity contribution in [2.75, 3.05) is 32.9 Å². The number of carbonyl (C=O) groups is 1. The van der Waals surface area contributed by atoms with Crippen molar-refractivity contribution in [2.45, 2.75) is 77.0 Å². The van der Waals surface area contributed by atoms with E-state index in [0.29, 0.717) is 0 Å². The SMILES string of the molecule is CC(C)(C)OC(=O)N1C[C@@H](CO)OC[C@@](O)(CO[Si](C)(C)C(C)(C)C)C1. The first-order chi connectivity index (χ1) is 11.6. The highest BCUT2D eigenvalue weighted by Gasteiger charge is 2.43. The smallest absolute Gasteiger partial charge is 0.410 e. The zero-order valence-electron chi connectivity index (χ0n) is 17.6. The molecule has 8 heteroatoms. The molecule has 1 rings (SSSR count). The summed E-state index contributed by atoms with van der Waals surface area (Å²) < 4.78 is 17.2. The van der Waals surface area contributed by atoms with Crippen LogP contribution < -0.4 is 0 Å². The van der Waals surface area contributed by atoms with E-state index in [1.54, 1.807) is 20.8 Å². The first-order valence-corrected chi connectivity index (χ1v) is 12.1. The molecule has 0 aromatic carbocycles. The van der Waals surface area contributed by atoms with E-state index in [-0.39, 0.29) is 37.9 Å². The lowest BCUT2D eigenvalue weighted by Gasteiger charge is -2.39. The topological polar surface area (TPSA) is 88.5 Å². The highest BCUT2D eigenvalue weighted by Crippen LogP contribution is 2.37. The van der Waals surface area contributed by atoms with Crippen LogP contribution in [0.3, 0.4) is 0 Å². The number of aliphatic hydroxyl groups is 2. The second kappa shape index (κ2) is 8.14. The molecule has 2 atom stereocenters. The van der Waals surface area contributed by atoms with Gasteiger partial charge < -0.3 is 29.0 Å². The Morgan fingerprint density at radius 3 is 2.31 bits per heavy atom.